The van der Waals surface area contributed by atoms with Crippen molar-refractivity contribution >= 4 is 29.8 Å². The fourth-order valence-corrected chi connectivity index (χ4v) is 10.5. The Hall–Kier alpha value is -6.68. The Kier molecular flexibility index (Phi) is 14.3. The van der Waals surface area contributed by atoms with Crippen LogP contribution in [0.4, 0.5) is 0 Å². The molecule has 2 bridgehead atoms. The molecule has 14 nitrogen and oxygen atoms in total. The van der Waals surface area contributed by atoms with Crippen molar-refractivity contribution in [3.8, 4) is 5.75 Å². The summed E-state index contributed by atoms with van der Waals surface area (Å²) in [6, 6.07) is 40.0. The fraction of sp³-hybridized carbons (Fsp3) is 0.368. The summed E-state index contributed by atoms with van der Waals surface area (Å²) in [4.78, 5) is 66.6. The smallest absolute Gasteiger partial charge is 0.327 e. The number of para-hydroxylation sites is 1. The number of esters is 2. The summed E-state index contributed by atoms with van der Waals surface area (Å²) in [6.45, 7) is 4.92. The van der Waals surface area contributed by atoms with E-state index >= 15 is 4.79 Å². The number of phenolic OH excluding ortho intramolecular Hbond substituents is 1. The van der Waals surface area contributed by atoms with Gasteiger partial charge in [-0.15, -0.1) is 0 Å². The van der Waals surface area contributed by atoms with Gasteiger partial charge in [-0.05, 0) is 61.9 Å². The number of aliphatic hydroxyl groups is 1. The van der Waals surface area contributed by atoms with Crippen LogP contribution in [0.25, 0.3) is 6.08 Å². The van der Waals surface area contributed by atoms with Crippen LogP contribution >= 0.6 is 0 Å². The van der Waals surface area contributed by atoms with Crippen molar-refractivity contribution in [2.75, 3.05) is 13.7 Å². The number of carbonyl (C=O) groups is 4. The summed E-state index contributed by atoms with van der Waals surface area (Å²) in [7, 11) is 1.55. The molecule has 0 radical (unpaired) electrons. The molecule has 9 rings (SSSR count). The maximum atomic E-state index is 16.0. The predicted molar refractivity (Wildman–Crippen MR) is 263 cm³/mol. The minimum absolute atomic E-state index is 0.00740. The highest BCUT2D eigenvalue weighted by molar-refractivity contribution is 5.96. The number of nitrogens with zero attached hydrogens (tertiary/aromatic N) is 2. The molecule has 8 unspecified atom stereocenters. The number of aliphatic hydroxyl groups excluding tert-OH is 1. The maximum absolute atomic E-state index is 16.0. The zero-order chi connectivity index (χ0) is 49.9. The van der Waals surface area contributed by atoms with Gasteiger partial charge in [-0.25, -0.2) is 0 Å². The molecule has 5 aromatic rings. The zero-order valence-electron chi connectivity index (χ0n) is 40.4. The molecule has 5 aromatic carbocycles. The average molecular weight is 964 g/mol. The van der Waals surface area contributed by atoms with Crippen LogP contribution in [0.3, 0.4) is 0 Å². The van der Waals surface area contributed by atoms with Gasteiger partial charge in [0, 0.05) is 37.4 Å². The molecule has 4 aliphatic rings. The van der Waals surface area contributed by atoms with Crippen molar-refractivity contribution in [1.29, 1.82) is 0 Å². The molecule has 2 amide bonds. The summed E-state index contributed by atoms with van der Waals surface area (Å²) >= 11 is 0. The molecule has 0 aromatic heterocycles. The second kappa shape index (κ2) is 20.6. The third kappa shape index (κ3) is 10.1. The van der Waals surface area contributed by atoms with E-state index in [1.165, 1.54) is 9.96 Å². The Balaban J connectivity index is 1.06. The lowest BCUT2D eigenvalue weighted by molar-refractivity contribution is -0.214. The number of hydroxylamine groups is 2. The van der Waals surface area contributed by atoms with Crippen molar-refractivity contribution in [2.45, 2.75) is 113 Å². The van der Waals surface area contributed by atoms with E-state index < -0.39 is 89.7 Å². The van der Waals surface area contributed by atoms with Crippen LogP contribution < -0.4 is 5.32 Å². The Labute approximate surface area is 414 Å². The number of phenols is 1. The molecule has 14 heteroatoms. The van der Waals surface area contributed by atoms with Gasteiger partial charge < -0.3 is 39.4 Å². The lowest BCUT2D eigenvalue weighted by atomic mass is 9.62. The van der Waals surface area contributed by atoms with E-state index in [4.69, 9.17) is 23.8 Å². The quantitative estimate of drug-likeness (QED) is 0.0834. The normalized spacial score (nSPS) is 24.1. The summed E-state index contributed by atoms with van der Waals surface area (Å²) in [6.07, 6.45) is 0.780. The highest BCUT2D eigenvalue weighted by atomic mass is 16.8. The number of likely N-dealkylation sites (N-methyl/N-ethyl adjacent to an activating group) is 1. The van der Waals surface area contributed by atoms with E-state index in [0.717, 1.165) is 22.3 Å². The van der Waals surface area contributed by atoms with E-state index in [2.05, 4.69) is 5.32 Å². The van der Waals surface area contributed by atoms with Crippen LogP contribution in [0, 0.1) is 5.41 Å². The van der Waals surface area contributed by atoms with Crippen LogP contribution in [0.2, 0.25) is 0 Å². The molecule has 370 valence electrons. The van der Waals surface area contributed by atoms with Crippen molar-refractivity contribution in [2.24, 2.45) is 5.41 Å². The van der Waals surface area contributed by atoms with Crippen molar-refractivity contribution in [3.05, 3.63) is 179 Å². The van der Waals surface area contributed by atoms with Gasteiger partial charge in [0.25, 0.3) is 0 Å². The van der Waals surface area contributed by atoms with Gasteiger partial charge in [-0.2, -0.15) is 5.06 Å². The number of aromatic hydroxyl groups is 1. The standard InChI is InChI=1S/C57H61N3O11/c1-55(2,3)68-47(63)32-31-43(36-61)58-52(64)44(33-38-17-8-5-9-18-38)59(4)54(66)56-34-46-48-49(70-57(69-48,41-22-10-6-11-23-41)42-24-12-7-13-25-42)51(56)71-60(50(56)53(65)67-46)35-39-29-27-37(28-30-39)19-16-21-40-20-14-15-26-45(40)62/h5-20,22-30,43-44,46,48-51,61-62H,21,31-36H2,1-4H3,(H,58,64). The summed E-state index contributed by atoms with van der Waals surface area (Å²) in [5.41, 5.74) is 2.33. The molecule has 3 N–H and O–H groups in total. The van der Waals surface area contributed by atoms with Crippen LogP contribution in [0.1, 0.15) is 73.4 Å². The van der Waals surface area contributed by atoms with Gasteiger partial charge in [0.1, 0.15) is 47.2 Å². The van der Waals surface area contributed by atoms with Gasteiger partial charge in [-0.1, -0.05) is 146 Å². The molecule has 3 heterocycles. The number of hydrogen-bond donors (Lipinski definition) is 3. The molecular formula is C57H61N3O11. The van der Waals surface area contributed by atoms with Crippen LogP contribution in [-0.2, 0) is 68.1 Å². The van der Waals surface area contributed by atoms with Gasteiger partial charge >= 0.3 is 11.9 Å². The number of hydrogen-bond acceptors (Lipinski definition) is 12. The van der Waals surface area contributed by atoms with E-state index in [-0.39, 0.29) is 38.0 Å². The van der Waals surface area contributed by atoms with E-state index in [9.17, 15) is 24.6 Å². The molecule has 1 aliphatic carbocycles. The molecule has 3 aliphatic heterocycles. The number of amides is 2. The first-order valence-corrected chi connectivity index (χ1v) is 24.3. The summed E-state index contributed by atoms with van der Waals surface area (Å²) in [5.74, 6) is -3.45. The first kappa shape index (κ1) is 49.3. The highest BCUT2D eigenvalue weighted by Gasteiger charge is 2.77. The maximum Gasteiger partial charge on any atom is 0.327 e. The van der Waals surface area contributed by atoms with Gasteiger partial charge in [0.05, 0.1) is 19.2 Å². The topological polar surface area (TPSA) is 173 Å². The minimum Gasteiger partial charge on any atom is -0.508 e. The molecule has 3 saturated heterocycles. The Morgan fingerprint density at radius 2 is 1.46 bits per heavy atom. The van der Waals surface area contributed by atoms with Gasteiger partial charge in [0.2, 0.25) is 17.6 Å². The Morgan fingerprint density at radius 3 is 2.10 bits per heavy atom. The number of benzene rings is 5. The number of carbonyl (C=O) groups excluding carboxylic acids is 4. The first-order valence-electron chi connectivity index (χ1n) is 24.3. The number of allylic oxidation sites excluding steroid dienone is 1. The third-order valence-corrected chi connectivity index (χ3v) is 13.9. The summed E-state index contributed by atoms with van der Waals surface area (Å²) in [5, 5.41) is 25.1. The van der Waals surface area contributed by atoms with E-state index in [1.807, 2.05) is 140 Å². The van der Waals surface area contributed by atoms with Crippen LogP contribution in [-0.4, -0.2) is 106 Å². The lowest BCUT2D eigenvalue weighted by Crippen LogP contribution is -2.70. The Bertz CT molecular complexity index is 2670. The van der Waals surface area contributed by atoms with Crippen LogP contribution in [0.15, 0.2) is 146 Å². The average Bonchev–Trinajstić information content (AvgIpc) is 3.95. The largest absolute Gasteiger partial charge is 0.508 e. The number of ether oxygens (including phenoxy) is 4. The second-order valence-corrected chi connectivity index (χ2v) is 19.8. The molecule has 8 atom stereocenters. The first-order chi connectivity index (χ1) is 34.2. The minimum atomic E-state index is -1.64. The third-order valence-electron chi connectivity index (χ3n) is 13.9. The van der Waals surface area contributed by atoms with Crippen molar-refractivity contribution < 1.29 is 53.2 Å². The number of nitrogens with one attached hydrogen (secondary N) is 1. The highest BCUT2D eigenvalue weighted by Crippen LogP contribution is 2.60. The molecule has 71 heavy (non-hydrogen) atoms. The summed E-state index contributed by atoms with van der Waals surface area (Å²) < 4.78 is 26.1. The Morgan fingerprint density at radius 1 is 0.845 bits per heavy atom. The lowest BCUT2D eigenvalue weighted by Gasteiger charge is -2.50. The zero-order valence-corrected chi connectivity index (χ0v) is 40.4. The number of rotatable bonds is 17. The monoisotopic (exact) mass is 963 g/mol. The SMILES string of the molecule is CN(C(=O)C12CC3OC(=O)C1N(Cc1ccc(C=CCc4ccccc4O)cc1)OC2C1OC(c2ccccc2)(c2ccccc2)OC31)C(Cc1ccccc1)C(=O)NC(CO)CCC(=O)OC(C)(C)C. The number of fused-ring (bicyclic) bond motifs is 4. The molecule has 4 fully saturated rings. The van der Waals surface area contributed by atoms with Crippen LogP contribution in [0.5, 0.6) is 5.75 Å². The fourth-order valence-electron chi connectivity index (χ4n) is 10.5. The van der Waals surface area contributed by atoms with Crippen molar-refractivity contribution in [1.82, 2.24) is 15.3 Å². The molecule has 1 saturated carbocycles. The van der Waals surface area contributed by atoms with Crippen molar-refractivity contribution in [3.63, 3.8) is 0 Å². The van der Waals surface area contributed by atoms with Gasteiger partial charge in [-0.3, -0.25) is 24.0 Å². The molecular weight excluding hydrogens is 903 g/mol. The predicted octanol–water partition coefficient (Wildman–Crippen LogP) is 6.80. The second-order valence-electron chi connectivity index (χ2n) is 19.8. The van der Waals surface area contributed by atoms with Gasteiger partial charge in [0.15, 0.2) is 6.04 Å². The van der Waals surface area contributed by atoms with E-state index in [0.29, 0.717) is 17.5 Å². The van der Waals surface area contributed by atoms with E-state index in [1.54, 1.807) is 40.0 Å². The molecule has 0 spiro atoms.